The summed E-state index contributed by atoms with van der Waals surface area (Å²) in [6, 6.07) is 18.6. The van der Waals surface area contributed by atoms with Crippen molar-refractivity contribution in [2.75, 3.05) is 47.8 Å². The molecule has 0 radical (unpaired) electrons. The third kappa shape index (κ3) is 7.66. The minimum absolute atomic E-state index is 0.00283. The molecule has 0 aliphatic carbocycles. The predicted octanol–water partition coefficient (Wildman–Crippen LogP) is 1.12. The van der Waals surface area contributed by atoms with Gasteiger partial charge in [0.25, 0.3) is 20.0 Å². The summed E-state index contributed by atoms with van der Waals surface area (Å²) >= 11 is 0. The lowest BCUT2D eigenvalue weighted by atomic mass is 10.1. The van der Waals surface area contributed by atoms with Crippen molar-refractivity contribution in [2.24, 2.45) is 17.2 Å². The number of anilines is 3. The maximum Gasteiger partial charge on any atom is 0.264 e. The Morgan fingerprint density at radius 2 is 1.15 bits per heavy atom. The van der Waals surface area contributed by atoms with E-state index < -0.39 is 56.9 Å². The largest absolute Gasteiger partial charge is 0.497 e. The average Bonchev–Trinajstić information content (AvgIpc) is 3.06. The van der Waals surface area contributed by atoms with Gasteiger partial charge in [-0.2, -0.15) is 0 Å². The maximum absolute atomic E-state index is 14.0. The molecule has 0 heterocycles. The Kier molecular flexibility index (Phi) is 10.9. The smallest absolute Gasteiger partial charge is 0.264 e. The first-order valence-corrected chi connectivity index (χ1v) is 17.0. The number of ether oxygens (including phenoxy) is 2. The van der Waals surface area contributed by atoms with E-state index in [0.29, 0.717) is 5.75 Å². The van der Waals surface area contributed by atoms with E-state index in [1.54, 1.807) is 12.1 Å². The van der Waals surface area contributed by atoms with Crippen LogP contribution in [-0.4, -0.2) is 74.5 Å². The van der Waals surface area contributed by atoms with E-state index in [0.717, 1.165) is 8.61 Å². The normalized spacial score (nSPS) is 12.2. The Labute approximate surface area is 277 Å². The SMILES string of the molecule is COC[C@H](N)C(=O)Nc1ccc(S(=O)(=O)N(CC(N)=O)c2ccc(N(CC(N)=O)S(=O)(=O)c3ccc(OC)cc3)c3ccccc23)cc1. The lowest BCUT2D eigenvalue weighted by molar-refractivity contribution is -0.118. The van der Waals surface area contributed by atoms with Crippen LogP contribution in [0.15, 0.2) is 94.7 Å². The monoisotopic (exact) mass is 698 g/mol. The first-order chi connectivity index (χ1) is 22.7. The third-order valence-electron chi connectivity index (χ3n) is 7.05. The molecule has 3 amide bonds. The molecule has 4 aromatic rings. The number of carbonyl (C=O) groups excluding carboxylic acids is 3. The molecule has 0 unspecified atom stereocenters. The van der Waals surface area contributed by atoms with Crippen LogP contribution in [0.5, 0.6) is 5.75 Å². The minimum atomic E-state index is -4.48. The Balaban J connectivity index is 1.82. The number of sulfonamides is 2. The fraction of sp³-hybridized carbons (Fsp3) is 0.194. The minimum Gasteiger partial charge on any atom is -0.497 e. The van der Waals surface area contributed by atoms with E-state index in [-0.39, 0.29) is 44.2 Å². The van der Waals surface area contributed by atoms with Gasteiger partial charge in [0.1, 0.15) is 24.9 Å². The van der Waals surface area contributed by atoms with Crippen LogP contribution in [0.1, 0.15) is 0 Å². The highest BCUT2D eigenvalue weighted by molar-refractivity contribution is 7.93. The Hall–Kier alpha value is -5.23. The Bertz CT molecular complexity index is 2040. The lowest BCUT2D eigenvalue weighted by Gasteiger charge is -2.28. The Morgan fingerprint density at radius 1 is 0.708 bits per heavy atom. The highest BCUT2D eigenvalue weighted by Crippen LogP contribution is 2.38. The van der Waals surface area contributed by atoms with Crippen LogP contribution in [0.25, 0.3) is 10.8 Å². The summed E-state index contributed by atoms with van der Waals surface area (Å²) in [5, 5.41) is 3.01. The average molecular weight is 699 g/mol. The van der Waals surface area contributed by atoms with E-state index in [9.17, 15) is 31.2 Å². The standard InChI is InChI=1S/C31H34N6O9S2/c1-45-19-26(32)31(40)35-20-7-11-22(12-8-20)47(41,42)36(17-29(33)38)27-15-16-28(25-6-4-3-5-24(25)27)37(18-30(34)39)48(43,44)23-13-9-21(46-2)10-14-23/h3-16,26H,17-19,32H2,1-2H3,(H2,33,38)(H2,34,39)(H,35,40)/t26-/m0/s1. The summed E-state index contributed by atoms with van der Waals surface area (Å²) in [7, 11) is -6.05. The molecule has 0 spiro atoms. The number of hydrogen-bond acceptors (Lipinski definition) is 10. The van der Waals surface area contributed by atoms with Gasteiger partial charge in [-0.1, -0.05) is 24.3 Å². The van der Waals surface area contributed by atoms with Crippen LogP contribution in [0, 0.1) is 0 Å². The number of nitrogens with zero attached hydrogens (tertiary/aromatic N) is 2. The molecule has 4 rings (SSSR count). The summed E-state index contributed by atoms with van der Waals surface area (Å²) < 4.78 is 67.3. The summed E-state index contributed by atoms with van der Waals surface area (Å²) in [4.78, 5) is 36.2. The molecule has 1 atom stereocenters. The van der Waals surface area contributed by atoms with Crippen molar-refractivity contribution >= 4 is 65.6 Å². The molecule has 0 aromatic heterocycles. The molecule has 17 heteroatoms. The number of fused-ring (bicyclic) bond motifs is 1. The molecule has 0 fully saturated rings. The van der Waals surface area contributed by atoms with Gasteiger partial charge in [0.15, 0.2) is 0 Å². The number of carbonyl (C=O) groups is 3. The number of amides is 3. The summed E-state index contributed by atoms with van der Waals surface area (Å²) in [5.41, 5.74) is 17.0. The van der Waals surface area contributed by atoms with Gasteiger partial charge in [-0.15, -0.1) is 0 Å². The van der Waals surface area contributed by atoms with Crippen molar-refractivity contribution in [2.45, 2.75) is 15.8 Å². The van der Waals surface area contributed by atoms with Gasteiger partial charge in [0.05, 0.1) is 34.9 Å². The second kappa shape index (κ2) is 14.7. The van der Waals surface area contributed by atoms with Crippen molar-refractivity contribution in [1.82, 2.24) is 0 Å². The Morgan fingerprint density at radius 3 is 1.54 bits per heavy atom. The number of hydrogen-bond donors (Lipinski definition) is 4. The van der Waals surface area contributed by atoms with Gasteiger partial charge in [-0.05, 0) is 60.7 Å². The second-order valence-corrected chi connectivity index (χ2v) is 14.1. The number of nitrogens with one attached hydrogen (secondary N) is 1. The van der Waals surface area contributed by atoms with Gasteiger partial charge in [0, 0.05) is 23.6 Å². The maximum atomic E-state index is 14.0. The van der Waals surface area contributed by atoms with Crippen LogP contribution in [0.3, 0.4) is 0 Å². The van der Waals surface area contributed by atoms with Crippen molar-refractivity contribution in [3.8, 4) is 5.75 Å². The van der Waals surface area contributed by atoms with Crippen LogP contribution in [0.2, 0.25) is 0 Å². The van der Waals surface area contributed by atoms with Crippen LogP contribution in [0.4, 0.5) is 17.1 Å². The van der Waals surface area contributed by atoms with E-state index in [4.69, 9.17) is 26.7 Å². The zero-order valence-corrected chi connectivity index (χ0v) is 27.5. The quantitative estimate of drug-likeness (QED) is 0.138. The number of rotatable bonds is 15. The molecular formula is C31H34N6O9S2. The van der Waals surface area contributed by atoms with Gasteiger partial charge < -0.3 is 32.0 Å². The molecule has 254 valence electrons. The zero-order valence-electron chi connectivity index (χ0n) is 25.9. The molecular weight excluding hydrogens is 665 g/mol. The number of nitrogens with two attached hydrogens (primary N) is 3. The van der Waals surface area contributed by atoms with E-state index in [1.807, 2.05) is 0 Å². The zero-order chi connectivity index (χ0) is 35.2. The van der Waals surface area contributed by atoms with E-state index in [2.05, 4.69) is 5.32 Å². The molecule has 0 saturated heterocycles. The van der Waals surface area contributed by atoms with Gasteiger partial charge in [-0.25, -0.2) is 16.8 Å². The summed E-state index contributed by atoms with van der Waals surface area (Å²) in [6.45, 7) is -1.54. The summed E-state index contributed by atoms with van der Waals surface area (Å²) in [5.74, 6) is -2.06. The van der Waals surface area contributed by atoms with Crippen molar-refractivity contribution in [3.05, 3.63) is 84.9 Å². The van der Waals surface area contributed by atoms with Crippen LogP contribution < -0.4 is 35.9 Å². The third-order valence-corrected chi connectivity index (χ3v) is 10.6. The molecule has 0 bridgehead atoms. The van der Waals surface area contributed by atoms with Gasteiger partial charge in [-0.3, -0.25) is 23.0 Å². The fourth-order valence-electron chi connectivity index (χ4n) is 4.79. The van der Waals surface area contributed by atoms with Gasteiger partial charge >= 0.3 is 0 Å². The predicted molar refractivity (Wildman–Crippen MR) is 179 cm³/mol. The summed E-state index contributed by atoms with van der Waals surface area (Å²) in [6.07, 6.45) is 0. The lowest BCUT2D eigenvalue weighted by Crippen LogP contribution is -2.40. The number of primary amides is 2. The molecule has 0 saturated carbocycles. The van der Waals surface area contributed by atoms with Gasteiger partial charge in [0.2, 0.25) is 17.7 Å². The topological polar surface area (TPSA) is 235 Å². The molecule has 0 aliphatic heterocycles. The number of methoxy groups -OCH3 is 2. The second-order valence-electron chi connectivity index (χ2n) is 10.4. The highest BCUT2D eigenvalue weighted by Gasteiger charge is 2.32. The van der Waals surface area contributed by atoms with Crippen molar-refractivity contribution in [3.63, 3.8) is 0 Å². The van der Waals surface area contributed by atoms with Crippen LogP contribution in [-0.2, 0) is 39.2 Å². The number of benzene rings is 4. The molecule has 7 N–H and O–H groups in total. The molecule has 0 aliphatic rings. The first-order valence-electron chi connectivity index (χ1n) is 14.1. The van der Waals surface area contributed by atoms with Crippen LogP contribution >= 0.6 is 0 Å². The molecule has 15 nitrogen and oxygen atoms in total. The molecule has 4 aromatic carbocycles. The van der Waals surface area contributed by atoms with Crippen molar-refractivity contribution in [1.29, 1.82) is 0 Å². The first kappa shape index (κ1) is 35.6. The van der Waals surface area contributed by atoms with Crippen molar-refractivity contribution < 1.29 is 40.7 Å². The molecule has 48 heavy (non-hydrogen) atoms. The highest BCUT2D eigenvalue weighted by atomic mass is 32.2. The fourth-order valence-corrected chi connectivity index (χ4v) is 7.69. The van der Waals surface area contributed by atoms with E-state index >= 15 is 0 Å². The van der Waals surface area contributed by atoms with E-state index in [1.165, 1.54) is 87.0 Å².